The molecule has 0 aliphatic rings. The Morgan fingerprint density at radius 2 is 0.980 bits per heavy atom. The molecule has 0 bridgehead atoms. The monoisotopic (exact) mass is 655 g/mol. The molecule has 0 atom stereocenters. The first kappa shape index (κ1) is 27.8. The van der Waals surface area contributed by atoms with Gasteiger partial charge in [-0.25, -0.2) is 19.9 Å². The second kappa shape index (κ2) is 10.7. The maximum Gasteiger partial charge on any atom is 0.164 e. The Bertz CT molecular complexity index is 3100. The highest BCUT2D eigenvalue weighted by Crippen LogP contribution is 2.37. The van der Waals surface area contributed by atoms with Crippen LogP contribution in [0, 0.1) is 0 Å². The first-order chi connectivity index (χ1) is 25.2. The molecule has 0 spiro atoms. The predicted octanol–water partition coefficient (Wildman–Crippen LogP) is 11.2. The molecule has 11 rings (SSSR count). The van der Waals surface area contributed by atoms with Crippen LogP contribution in [-0.4, -0.2) is 24.5 Å². The van der Waals surface area contributed by atoms with Crippen LogP contribution in [0.2, 0.25) is 0 Å². The van der Waals surface area contributed by atoms with Crippen molar-refractivity contribution in [2.24, 2.45) is 0 Å². The van der Waals surface area contributed by atoms with Gasteiger partial charge in [0.15, 0.2) is 17.5 Å². The van der Waals surface area contributed by atoms with E-state index in [1.165, 1.54) is 5.39 Å². The number of furan rings is 2. The van der Waals surface area contributed by atoms with Crippen LogP contribution < -0.4 is 0 Å². The van der Waals surface area contributed by atoms with E-state index in [0.717, 1.165) is 82.8 Å². The van der Waals surface area contributed by atoms with E-state index in [0.29, 0.717) is 17.5 Å². The third-order valence-electron chi connectivity index (χ3n) is 9.71. The van der Waals surface area contributed by atoms with E-state index < -0.39 is 0 Å². The second-order valence-electron chi connectivity index (χ2n) is 12.7. The van der Waals surface area contributed by atoms with E-state index in [-0.39, 0.29) is 0 Å². The molecule has 238 valence electrons. The second-order valence-corrected chi connectivity index (χ2v) is 12.7. The molecule has 0 fully saturated rings. The van der Waals surface area contributed by atoms with Crippen LogP contribution >= 0.6 is 0 Å². The minimum Gasteiger partial charge on any atom is -0.456 e. The SMILES string of the molecule is c1ccc(-c2nc(-c3ccc4c(c3)oc3ccccc34)nc(-c3ccc4c(c3)oc3ccc(-n5c6ccccc6c6cccnc65)cc34)n2)cc1. The first-order valence-electron chi connectivity index (χ1n) is 16.8. The van der Waals surface area contributed by atoms with Crippen molar-refractivity contribution in [2.45, 2.75) is 0 Å². The summed E-state index contributed by atoms with van der Waals surface area (Å²) in [6, 6.07) is 49.2. The fourth-order valence-electron chi connectivity index (χ4n) is 7.32. The molecular formula is C44H25N5O2. The molecule has 11 aromatic rings. The molecule has 51 heavy (non-hydrogen) atoms. The van der Waals surface area contributed by atoms with Crippen LogP contribution in [0.3, 0.4) is 0 Å². The minimum absolute atomic E-state index is 0.558. The van der Waals surface area contributed by atoms with Gasteiger partial charge in [0, 0.05) is 60.9 Å². The molecular weight excluding hydrogens is 631 g/mol. The van der Waals surface area contributed by atoms with Gasteiger partial charge >= 0.3 is 0 Å². The normalized spacial score (nSPS) is 11.9. The standard InChI is InChI=1S/C44H25N5O2/c1-2-9-26(10-3-1)41-46-42(27-16-19-32-31-12-5-7-15-37(31)50-39(32)23-27)48-43(47-41)28-17-20-33-35-25-29(18-21-38(35)51-40(33)24-28)49-36-14-6-4-11-30(36)34-13-8-22-45-44(34)49/h1-25H. The molecule has 5 heterocycles. The lowest BCUT2D eigenvalue weighted by atomic mass is 10.1. The highest BCUT2D eigenvalue weighted by atomic mass is 16.3. The van der Waals surface area contributed by atoms with E-state index in [1.807, 2.05) is 85.1 Å². The number of fused-ring (bicyclic) bond motifs is 9. The van der Waals surface area contributed by atoms with E-state index >= 15 is 0 Å². The van der Waals surface area contributed by atoms with Crippen molar-refractivity contribution < 1.29 is 8.83 Å². The van der Waals surface area contributed by atoms with Crippen molar-refractivity contribution in [1.29, 1.82) is 0 Å². The molecule has 0 saturated heterocycles. The molecule has 7 heteroatoms. The van der Waals surface area contributed by atoms with Gasteiger partial charge in [-0.15, -0.1) is 0 Å². The lowest BCUT2D eigenvalue weighted by molar-refractivity contribution is 0.668. The summed E-state index contributed by atoms with van der Waals surface area (Å²) in [6.45, 7) is 0. The molecule has 0 N–H and O–H groups in total. The average Bonchev–Trinajstić information content (AvgIpc) is 3.86. The summed E-state index contributed by atoms with van der Waals surface area (Å²) in [5.41, 5.74) is 8.85. The molecule has 6 aromatic carbocycles. The zero-order chi connectivity index (χ0) is 33.5. The fourth-order valence-corrected chi connectivity index (χ4v) is 7.32. The predicted molar refractivity (Wildman–Crippen MR) is 203 cm³/mol. The van der Waals surface area contributed by atoms with Crippen molar-refractivity contribution in [3.63, 3.8) is 0 Å². The minimum atomic E-state index is 0.558. The van der Waals surface area contributed by atoms with Crippen molar-refractivity contribution in [1.82, 2.24) is 24.5 Å². The van der Waals surface area contributed by atoms with Crippen LogP contribution in [0.15, 0.2) is 161 Å². The smallest absolute Gasteiger partial charge is 0.164 e. The summed E-state index contributed by atoms with van der Waals surface area (Å²) in [4.78, 5) is 19.7. The molecule has 5 aromatic heterocycles. The summed E-state index contributed by atoms with van der Waals surface area (Å²) in [6.07, 6.45) is 1.85. The van der Waals surface area contributed by atoms with E-state index in [1.54, 1.807) is 0 Å². The van der Waals surface area contributed by atoms with Gasteiger partial charge in [-0.05, 0) is 66.7 Å². The molecule has 0 aliphatic carbocycles. The lowest BCUT2D eigenvalue weighted by Gasteiger charge is -2.08. The number of pyridine rings is 1. The molecule has 0 aliphatic heterocycles. The maximum absolute atomic E-state index is 6.46. The van der Waals surface area contributed by atoms with Gasteiger partial charge in [0.05, 0.1) is 5.52 Å². The van der Waals surface area contributed by atoms with Gasteiger partial charge < -0.3 is 8.83 Å². The average molecular weight is 656 g/mol. The highest BCUT2D eigenvalue weighted by Gasteiger charge is 2.18. The van der Waals surface area contributed by atoms with Gasteiger partial charge in [-0.1, -0.05) is 78.9 Å². The van der Waals surface area contributed by atoms with E-state index in [9.17, 15) is 0 Å². The Morgan fingerprint density at radius 3 is 1.75 bits per heavy atom. The third-order valence-corrected chi connectivity index (χ3v) is 9.71. The Morgan fingerprint density at radius 1 is 0.392 bits per heavy atom. The van der Waals surface area contributed by atoms with Crippen molar-refractivity contribution >= 4 is 65.8 Å². The van der Waals surface area contributed by atoms with E-state index in [2.05, 4.69) is 71.3 Å². The highest BCUT2D eigenvalue weighted by molar-refractivity contribution is 6.10. The van der Waals surface area contributed by atoms with Crippen molar-refractivity contribution in [3.05, 3.63) is 152 Å². The quantitative estimate of drug-likeness (QED) is 0.188. The summed E-state index contributed by atoms with van der Waals surface area (Å²) in [7, 11) is 0. The molecule has 0 saturated carbocycles. The lowest BCUT2D eigenvalue weighted by Crippen LogP contribution is -2.00. The Balaban J connectivity index is 1.06. The fraction of sp³-hybridized carbons (Fsp3) is 0. The maximum atomic E-state index is 6.46. The van der Waals surface area contributed by atoms with Crippen molar-refractivity contribution in [3.8, 4) is 39.9 Å². The molecule has 0 radical (unpaired) electrons. The summed E-state index contributed by atoms with van der Waals surface area (Å²) in [5, 5.41) is 6.47. The molecule has 0 amide bonds. The van der Waals surface area contributed by atoms with Crippen LogP contribution in [0.25, 0.3) is 106 Å². The number of rotatable bonds is 4. The number of hydrogen-bond acceptors (Lipinski definition) is 6. The third kappa shape index (κ3) is 4.31. The Labute approximate surface area is 290 Å². The van der Waals surface area contributed by atoms with Gasteiger partial charge in [-0.2, -0.15) is 0 Å². The summed E-state index contributed by atoms with van der Waals surface area (Å²) < 4.78 is 14.9. The van der Waals surface area contributed by atoms with Gasteiger partial charge in [0.25, 0.3) is 0 Å². The topological polar surface area (TPSA) is 82.8 Å². The van der Waals surface area contributed by atoms with Gasteiger partial charge in [0.1, 0.15) is 28.0 Å². The van der Waals surface area contributed by atoms with E-state index in [4.69, 9.17) is 28.8 Å². The van der Waals surface area contributed by atoms with Crippen LogP contribution in [-0.2, 0) is 0 Å². The number of nitrogens with zero attached hydrogens (tertiary/aromatic N) is 5. The van der Waals surface area contributed by atoms with Gasteiger partial charge in [-0.3, -0.25) is 4.57 Å². The first-order valence-corrected chi connectivity index (χ1v) is 16.8. The van der Waals surface area contributed by atoms with Crippen LogP contribution in [0.4, 0.5) is 0 Å². The summed E-state index contributed by atoms with van der Waals surface area (Å²) >= 11 is 0. The van der Waals surface area contributed by atoms with Crippen LogP contribution in [0.5, 0.6) is 0 Å². The number of aromatic nitrogens is 5. The number of para-hydroxylation sites is 2. The summed E-state index contributed by atoms with van der Waals surface area (Å²) in [5.74, 6) is 1.72. The van der Waals surface area contributed by atoms with Crippen LogP contribution in [0.1, 0.15) is 0 Å². The zero-order valence-corrected chi connectivity index (χ0v) is 27.0. The number of benzene rings is 6. The number of hydrogen-bond donors (Lipinski definition) is 0. The molecule has 7 nitrogen and oxygen atoms in total. The largest absolute Gasteiger partial charge is 0.456 e. The zero-order valence-electron chi connectivity index (χ0n) is 27.0. The Hall–Kier alpha value is -7.12. The molecule has 0 unspecified atom stereocenters. The van der Waals surface area contributed by atoms with Gasteiger partial charge in [0.2, 0.25) is 0 Å². The van der Waals surface area contributed by atoms with Crippen molar-refractivity contribution in [2.75, 3.05) is 0 Å². The Kier molecular flexibility index (Phi) is 5.83.